The number of rotatable bonds is 1. The molecular formula is C26H45N5O9. The maximum atomic E-state index is 13.6. The minimum absolute atomic E-state index is 0.185. The average Bonchev–Trinajstić information content (AvgIpc) is 3.62. The summed E-state index contributed by atoms with van der Waals surface area (Å²) >= 11 is 0. The number of ether oxygens (including phenoxy) is 5. The number of primary amides is 1. The summed E-state index contributed by atoms with van der Waals surface area (Å²) in [6.07, 6.45) is 0.867. The lowest BCUT2D eigenvalue weighted by Gasteiger charge is -2.33. The van der Waals surface area contributed by atoms with Gasteiger partial charge in [-0.1, -0.05) is 0 Å². The highest BCUT2D eigenvalue weighted by Gasteiger charge is 2.44. The Kier molecular flexibility index (Phi) is 13.0. The van der Waals surface area contributed by atoms with Gasteiger partial charge in [0.25, 0.3) is 0 Å². The highest BCUT2D eigenvalue weighted by molar-refractivity contribution is 5.95. The van der Waals surface area contributed by atoms with E-state index in [1.807, 2.05) is 0 Å². The van der Waals surface area contributed by atoms with Gasteiger partial charge < -0.3 is 50.3 Å². The Morgan fingerprint density at radius 3 is 1.77 bits per heavy atom. The lowest BCUT2D eigenvalue weighted by Crippen LogP contribution is -2.59. The Labute approximate surface area is 235 Å². The van der Waals surface area contributed by atoms with Crippen LogP contribution in [0, 0.1) is 0 Å². The van der Waals surface area contributed by atoms with Crippen LogP contribution in [0.4, 0.5) is 0 Å². The van der Waals surface area contributed by atoms with Crippen molar-refractivity contribution >= 4 is 23.6 Å². The van der Waals surface area contributed by atoms with Gasteiger partial charge in [-0.05, 0) is 39.5 Å². The van der Waals surface area contributed by atoms with Gasteiger partial charge in [0, 0.05) is 13.1 Å². The van der Waals surface area contributed by atoms with E-state index >= 15 is 0 Å². The molecule has 3 aliphatic heterocycles. The van der Waals surface area contributed by atoms with Crippen molar-refractivity contribution < 1.29 is 42.9 Å². The largest absolute Gasteiger partial charge is 0.377 e. The summed E-state index contributed by atoms with van der Waals surface area (Å²) in [7, 11) is 0. The summed E-state index contributed by atoms with van der Waals surface area (Å²) in [5.74, 6) is -1.91. The second kappa shape index (κ2) is 16.2. The summed E-state index contributed by atoms with van der Waals surface area (Å²) in [5, 5.41) is 2.67. The van der Waals surface area contributed by atoms with E-state index in [-0.39, 0.29) is 31.6 Å². The summed E-state index contributed by atoms with van der Waals surface area (Å²) in [6, 6.07) is -3.55. The predicted molar refractivity (Wildman–Crippen MR) is 142 cm³/mol. The topological polar surface area (TPSA) is 185 Å². The third-order valence-corrected chi connectivity index (χ3v) is 7.48. The Balaban J connectivity index is 1.71. The van der Waals surface area contributed by atoms with Crippen LogP contribution in [-0.2, 0) is 42.9 Å². The molecule has 4 amide bonds. The smallest absolute Gasteiger partial charge is 0.246 e. The van der Waals surface area contributed by atoms with Gasteiger partial charge in [0.1, 0.15) is 24.2 Å². The molecule has 0 aromatic heterocycles. The molecule has 0 spiro atoms. The van der Waals surface area contributed by atoms with Crippen LogP contribution < -0.4 is 16.8 Å². The van der Waals surface area contributed by atoms with E-state index in [0.717, 1.165) is 0 Å². The van der Waals surface area contributed by atoms with Crippen molar-refractivity contribution in [2.24, 2.45) is 11.5 Å². The van der Waals surface area contributed by atoms with Gasteiger partial charge in [-0.25, -0.2) is 0 Å². The molecule has 6 atom stereocenters. The molecule has 228 valence electrons. The molecule has 14 nitrogen and oxygen atoms in total. The molecule has 0 aromatic carbocycles. The number of nitrogens with zero attached hydrogens (tertiary/aromatic N) is 2. The number of nitrogens with one attached hydrogen (secondary N) is 1. The molecule has 3 saturated heterocycles. The van der Waals surface area contributed by atoms with Crippen molar-refractivity contribution in [2.75, 3.05) is 65.9 Å². The van der Waals surface area contributed by atoms with Crippen LogP contribution in [-0.4, -0.2) is 136 Å². The zero-order chi connectivity index (χ0) is 29.1. The Morgan fingerprint density at radius 2 is 1.23 bits per heavy atom. The van der Waals surface area contributed by atoms with E-state index in [1.165, 1.54) is 9.80 Å². The fraction of sp³-hybridized carbons (Fsp3) is 0.846. The molecule has 3 rings (SSSR count). The number of hydrogen-bond acceptors (Lipinski definition) is 10. The van der Waals surface area contributed by atoms with Gasteiger partial charge >= 0.3 is 0 Å². The lowest BCUT2D eigenvalue weighted by atomic mass is 10.1. The molecule has 5 unspecified atom stereocenters. The molecule has 3 fully saturated rings. The second-order valence-corrected chi connectivity index (χ2v) is 10.3. The zero-order valence-electron chi connectivity index (χ0n) is 23.6. The second-order valence-electron chi connectivity index (χ2n) is 10.3. The average molecular weight is 572 g/mol. The first-order chi connectivity index (χ1) is 19.2. The summed E-state index contributed by atoms with van der Waals surface area (Å²) in [5.41, 5.74) is 11.8. The maximum absolute atomic E-state index is 13.6. The Morgan fingerprint density at radius 1 is 0.750 bits per heavy atom. The van der Waals surface area contributed by atoms with Gasteiger partial charge in [0.15, 0.2) is 0 Å². The highest BCUT2D eigenvalue weighted by atomic mass is 16.6. The molecule has 3 heterocycles. The minimum atomic E-state index is -1.09. The van der Waals surface area contributed by atoms with Crippen LogP contribution in [0.2, 0.25) is 0 Å². The van der Waals surface area contributed by atoms with Crippen molar-refractivity contribution in [1.82, 2.24) is 15.1 Å². The van der Waals surface area contributed by atoms with Crippen LogP contribution in [0.15, 0.2) is 0 Å². The SMILES string of the molecule is CC1OCCOCCOCCOCCO[C@H](C)C(C(N)=O)NC(=O)C2CCCN2C(=O)C2CCCN2C(=O)C1N. The molecule has 0 aliphatic carbocycles. The first-order valence-electron chi connectivity index (χ1n) is 14.1. The molecular weight excluding hydrogens is 526 g/mol. The third kappa shape index (κ3) is 8.82. The van der Waals surface area contributed by atoms with Crippen molar-refractivity contribution in [3.8, 4) is 0 Å². The quantitative estimate of drug-likeness (QED) is 0.322. The van der Waals surface area contributed by atoms with Crippen molar-refractivity contribution in [3.05, 3.63) is 0 Å². The summed E-state index contributed by atoms with van der Waals surface area (Å²) < 4.78 is 27.8. The highest BCUT2D eigenvalue weighted by Crippen LogP contribution is 2.26. The number of nitrogens with two attached hydrogens (primary N) is 2. The van der Waals surface area contributed by atoms with Crippen LogP contribution in [0.3, 0.4) is 0 Å². The lowest BCUT2D eigenvalue weighted by molar-refractivity contribution is -0.149. The fourth-order valence-corrected chi connectivity index (χ4v) is 5.17. The monoisotopic (exact) mass is 571 g/mol. The van der Waals surface area contributed by atoms with Crippen molar-refractivity contribution in [2.45, 2.75) is 75.9 Å². The van der Waals surface area contributed by atoms with Crippen LogP contribution >= 0.6 is 0 Å². The van der Waals surface area contributed by atoms with Crippen LogP contribution in [0.5, 0.6) is 0 Å². The van der Waals surface area contributed by atoms with E-state index in [4.69, 9.17) is 35.2 Å². The van der Waals surface area contributed by atoms with Gasteiger partial charge in [0.05, 0.1) is 65.1 Å². The number of hydrogen-bond donors (Lipinski definition) is 3. The van der Waals surface area contributed by atoms with E-state index < -0.39 is 48.2 Å². The third-order valence-electron chi connectivity index (χ3n) is 7.48. The van der Waals surface area contributed by atoms with Gasteiger partial charge in [-0.3, -0.25) is 19.2 Å². The Hall–Kier alpha value is -2.36. The van der Waals surface area contributed by atoms with E-state index in [0.29, 0.717) is 71.8 Å². The molecule has 5 N–H and O–H groups in total. The molecule has 0 radical (unpaired) electrons. The van der Waals surface area contributed by atoms with Gasteiger partial charge in [-0.2, -0.15) is 0 Å². The molecule has 14 heteroatoms. The predicted octanol–water partition coefficient (Wildman–Crippen LogP) is -1.86. The zero-order valence-corrected chi connectivity index (χ0v) is 23.6. The first-order valence-corrected chi connectivity index (χ1v) is 14.1. The van der Waals surface area contributed by atoms with Crippen LogP contribution in [0.1, 0.15) is 39.5 Å². The van der Waals surface area contributed by atoms with E-state index in [1.54, 1.807) is 13.8 Å². The Bertz CT molecular complexity index is 862. The molecule has 3 aliphatic rings. The normalized spacial score (nSPS) is 33.4. The molecule has 40 heavy (non-hydrogen) atoms. The van der Waals surface area contributed by atoms with E-state index in [2.05, 4.69) is 5.32 Å². The summed E-state index contributed by atoms with van der Waals surface area (Å²) in [6.45, 7) is 6.62. The van der Waals surface area contributed by atoms with Gasteiger partial charge in [0.2, 0.25) is 23.6 Å². The number of amides is 4. The number of carbonyl (C=O) groups is 4. The molecule has 0 bridgehead atoms. The summed E-state index contributed by atoms with van der Waals surface area (Å²) in [4.78, 5) is 55.3. The first kappa shape index (κ1) is 32.2. The van der Waals surface area contributed by atoms with Crippen molar-refractivity contribution in [1.29, 1.82) is 0 Å². The standard InChI is InChI=1S/C26H45N5O9/c1-17-21(27)26(35)31-8-4-6-20(31)25(34)30-7-3-5-19(30)24(33)29-22(23(28)32)18(2)40-16-14-38-12-10-36-9-11-37-13-15-39-17/h17-22H,3-16,27H2,1-2H3,(H2,28,32)(H,29,33)/t17?,18-,19?,20?,21?,22?/m1/s1. The maximum Gasteiger partial charge on any atom is 0.246 e. The van der Waals surface area contributed by atoms with Crippen LogP contribution in [0.25, 0.3) is 0 Å². The van der Waals surface area contributed by atoms with Gasteiger partial charge in [-0.15, -0.1) is 0 Å². The number of fused-ring (bicyclic) bond motifs is 2. The molecule has 0 aromatic rings. The molecule has 0 saturated carbocycles. The van der Waals surface area contributed by atoms with E-state index in [9.17, 15) is 19.2 Å². The van der Waals surface area contributed by atoms with Crippen molar-refractivity contribution in [3.63, 3.8) is 0 Å². The minimum Gasteiger partial charge on any atom is -0.377 e. The number of carbonyl (C=O) groups excluding carboxylic acids is 4. The fourth-order valence-electron chi connectivity index (χ4n) is 5.17.